The van der Waals surface area contributed by atoms with Crippen molar-refractivity contribution in [2.24, 2.45) is 0 Å². The van der Waals surface area contributed by atoms with Gasteiger partial charge in [0.1, 0.15) is 6.33 Å². The molecule has 8 heteroatoms. The Balaban J connectivity index is 1.60. The molecule has 0 radical (unpaired) electrons. The third kappa shape index (κ3) is 2.74. The van der Waals surface area contributed by atoms with E-state index in [0.717, 1.165) is 16.6 Å². The van der Waals surface area contributed by atoms with Crippen molar-refractivity contribution in [3.05, 3.63) is 65.1 Å². The van der Waals surface area contributed by atoms with Crippen LogP contribution in [0.2, 0.25) is 5.02 Å². The number of benzene rings is 2. The summed E-state index contributed by atoms with van der Waals surface area (Å²) >= 11 is 6.13. The van der Waals surface area contributed by atoms with Gasteiger partial charge in [0.15, 0.2) is 11.3 Å². The fourth-order valence-corrected chi connectivity index (χ4v) is 2.80. The fraction of sp³-hybridized carbons (Fsp3) is 0.0588. The van der Waals surface area contributed by atoms with E-state index in [0.29, 0.717) is 16.3 Å². The van der Waals surface area contributed by atoms with Crippen LogP contribution >= 0.6 is 11.6 Å². The van der Waals surface area contributed by atoms with Crippen molar-refractivity contribution < 1.29 is 9.21 Å². The number of nitrogens with one attached hydrogen (secondary N) is 1. The number of halogens is 1. The number of aryl methyl sites for hydroxylation is 1. The largest absolute Gasteiger partial charge is 0.449 e. The van der Waals surface area contributed by atoms with Crippen LogP contribution in [0.4, 0.5) is 5.69 Å². The lowest BCUT2D eigenvalue weighted by molar-refractivity contribution is 0.0998. The van der Waals surface area contributed by atoms with E-state index in [9.17, 15) is 4.79 Å². The number of hydrogen-bond donors (Lipinski definition) is 1. The van der Waals surface area contributed by atoms with Crippen LogP contribution in [0.3, 0.4) is 0 Å². The van der Waals surface area contributed by atoms with Gasteiger partial charge in [-0.05, 0) is 47.7 Å². The molecule has 0 aliphatic heterocycles. The minimum absolute atomic E-state index is 0.243. The number of carbonyl (C=O) groups is 1. The molecule has 0 atom stereocenters. The second kappa shape index (κ2) is 6.03. The first kappa shape index (κ1) is 15.3. The minimum Gasteiger partial charge on any atom is -0.449 e. The van der Waals surface area contributed by atoms with Crippen LogP contribution in [-0.4, -0.2) is 26.1 Å². The predicted molar refractivity (Wildman–Crippen MR) is 93.1 cm³/mol. The molecule has 0 fully saturated rings. The lowest BCUT2D eigenvalue weighted by Crippen LogP contribution is -2.12. The van der Waals surface area contributed by atoms with E-state index in [1.165, 1.54) is 11.0 Å². The molecule has 0 aliphatic carbocycles. The van der Waals surface area contributed by atoms with Crippen molar-refractivity contribution >= 4 is 34.2 Å². The molecule has 0 saturated heterocycles. The molecule has 25 heavy (non-hydrogen) atoms. The summed E-state index contributed by atoms with van der Waals surface area (Å²) in [6, 6.07) is 12.6. The monoisotopic (exact) mass is 353 g/mol. The molecular weight excluding hydrogens is 342 g/mol. The van der Waals surface area contributed by atoms with Crippen molar-refractivity contribution in [3.8, 4) is 5.69 Å². The maximum atomic E-state index is 12.5. The SMILES string of the molecule is Cc1c(C(=O)Nc2ccc(-n3cnnn3)cc2)oc2c(Cl)cccc12. The summed E-state index contributed by atoms with van der Waals surface area (Å²) in [7, 11) is 0. The van der Waals surface area contributed by atoms with Crippen molar-refractivity contribution in [1.82, 2.24) is 20.2 Å². The van der Waals surface area contributed by atoms with Crippen LogP contribution in [0.15, 0.2) is 53.2 Å². The zero-order valence-corrected chi connectivity index (χ0v) is 13.9. The molecule has 2 aromatic heterocycles. The first-order chi connectivity index (χ1) is 12.1. The van der Waals surface area contributed by atoms with Crippen molar-refractivity contribution in [3.63, 3.8) is 0 Å². The predicted octanol–water partition coefficient (Wildman–Crippen LogP) is 3.62. The van der Waals surface area contributed by atoms with Gasteiger partial charge in [0.2, 0.25) is 0 Å². The van der Waals surface area contributed by atoms with Gasteiger partial charge in [0.25, 0.3) is 5.91 Å². The molecule has 124 valence electrons. The Morgan fingerprint density at radius 3 is 2.68 bits per heavy atom. The number of rotatable bonds is 3. The topological polar surface area (TPSA) is 85.8 Å². The van der Waals surface area contributed by atoms with Crippen LogP contribution in [0, 0.1) is 6.92 Å². The number of furan rings is 1. The average molecular weight is 354 g/mol. The smallest absolute Gasteiger partial charge is 0.291 e. The van der Waals surface area contributed by atoms with Gasteiger partial charge >= 0.3 is 0 Å². The second-order valence-electron chi connectivity index (χ2n) is 5.43. The van der Waals surface area contributed by atoms with E-state index in [1.807, 2.05) is 19.1 Å². The molecule has 0 aliphatic rings. The number of aromatic nitrogens is 4. The molecule has 4 aromatic rings. The molecule has 0 spiro atoms. The van der Waals surface area contributed by atoms with Gasteiger partial charge in [-0.25, -0.2) is 4.68 Å². The molecular formula is C17H12ClN5O2. The molecule has 0 bridgehead atoms. The van der Waals surface area contributed by atoms with Crippen LogP contribution < -0.4 is 5.32 Å². The highest BCUT2D eigenvalue weighted by molar-refractivity contribution is 6.35. The molecule has 2 heterocycles. The maximum absolute atomic E-state index is 12.5. The normalized spacial score (nSPS) is 11.0. The zero-order chi connectivity index (χ0) is 17.4. The highest BCUT2D eigenvalue weighted by atomic mass is 35.5. The number of anilines is 1. The fourth-order valence-electron chi connectivity index (χ4n) is 2.59. The number of hydrogen-bond acceptors (Lipinski definition) is 5. The van der Waals surface area contributed by atoms with Crippen LogP contribution in [-0.2, 0) is 0 Å². The summed E-state index contributed by atoms with van der Waals surface area (Å²) in [5.41, 5.74) is 2.68. The Kier molecular flexibility index (Phi) is 3.70. The average Bonchev–Trinajstić information content (AvgIpc) is 3.25. The van der Waals surface area contributed by atoms with Crippen molar-refractivity contribution in [1.29, 1.82) is 0 Å². The van der Waals surface area contributed by atoms with Gasteiger partial charge in [-0.2, -0.15) is 0 Å². The highest BCUT2D eigenvalue weighted by Crippen LogP contribution is 2.31. The Morgan fingerprint density at radius 1 is 1.20 bits per heavy atom. The van der Waals surface area contributed by atoms with Crippen molar-refractivity contribution in [2.75, 3.05) is 5.32 Å². The summed E-state index contributed by atoms with van der Waals surface area (Å²) in [5.74, 6) is -0.0902. The first-order valence-corrected chi connectivity index (χ1v) is 7.83. The van der Waals surface area contributed by atoms with Crippen LogP contribution in [0.1, 0.15) is 16.1 Å². The Hall–Kier alpha value is -3.19. The summed E-state index contributed by atoms with van der Waals surface area (Å²) in [4.78, 5) is 12.5. The van der Waals surface area contributed by atoms with Crippen molar-refractivity contribution in [2.45, 2.75) is 6.92 Å². The quantitative estimate of drug-likeness (QED) is 0.608. The Labute approximate surface area is 147 Å². The Bertz CT molecular complexity index is 1050. The number of para-hydroxylation sites is 1. The van der Waals surface area contributed by atoms with E-state index in [-0.39, 0.29) is 11.7 Å². The van der Waals surface area contributed by atoms with E-state index in [4.69, 9.17) is 16.0 Å². The number of amides is 1. The molecule has 4 rings (SSSR count). The first-order valence-electron chi connectivity index (χ1n) is 7.46. The van der Waals surface area contributed by atoms with Gasteiger partial charge in [0.05, 0.1) is 10.7 Å². The molecule has 7 nitrogen and oxygen atoms in total. The summed E-state index contributed by atoms with van der Waals surface area (Å²) in [6.45, 7) is 1.83. The number of nitrogens with zero attached hydrogens (tertiary/aromatic N) is 4. The number of carbonyl (C=O) groups excluding carboxylic acids is 1. The van der Waals surface area contributed by atoms with E-state index in [1.54, 1.807) is 30.3 Å². The number of fused-ring (bicyclic) bond motifs is 1. The molecule has 1 N–H and O–H groups in total. The standard InChI is InChI=1S/C17H12ClN5O2/c1-10-13-3-2-4-14(18)16(13)25-15(10)17(24)20-11-5-7-12(8-6-11)23-9-19-21-22-23/h2-9H,1H3,(H,20,24). The lowest BCUT2D eigenvalue weighted by atomic mass is 10.1. The third-order valence-corrected chi connectivity index (χ3v) is 4.16. The van der Waals surface area contributed by atoms with E-state index in [2.05, 4.69) is 20.8 Å². The maximum Gasteiger partial charge on any atom is 0.291 e. The summed E-state index contributed by atoms with van der Waals surface area (Å²) < 4.78 is 7.20. The molecule has 2 aromatic carbocycles. The van der Waals surface area contributed by atoms with Crippen LogP contribution in [0.5, 0.6) is 0 Å². The second-order valence-corrected chi connectivity index (χ2v) is 5.84. The molecule has 0 saturated carbocycles. The van der Waals surface area contributed by atoms with E-state index < -0.39 is 0 Å². The zero-order valence-electron chi connectivity index (χ0n) is 13.1. The Morgan fingerprint density at radius 2 is 2.00 bits per heavy atom. The third-order valence-electron chi connectivity index (χ3n) is 3.86. The summed E-state index contributed by atoms with van der Waals surface area (Å²) in [6.07, 6.45) is 1.50. The van der Waals surface area contributed by atoms with Gasteiger partial charge < -0.3 is 9.73 Å². The summed E-state index contributed by atoms with van der Waals surface area (Å²) in [5, 5.41) is 15.1. The molecule has 1 amide bonds. The minimum atomic E-state index is -0.333. The lowest BCUT2D eigenvalue weighted by Gasteiger charge is -2.05. The van der Waals surface area contributed by atoms with Gasteiger partial charge in [-0.15, -0.1) is 5.10 Å². The van der Waals surface area contributed by atoms with Gasteiger partial charge in [-0.1, -0.05) is 23.7 Å². The number of tetrazole rings is 1. The van der Waals surface area contributed by atoms with Crippen LogP contribution in [0.25, 0.3) is 16.7 Å². The molecule has 0 unspecified atom stereocenters. The van der Waals surface area contributed by atoms with Gasteiger partial charge in [-0.3, -0.25) is 4.79 Å². The van der Waals surface area contributed by atoms with E-state index >= 15 is 0 Å². The highest BCUT2D eigenvalue weighted by Gasteiger charge is 2.19. The van der Waals surface area contributed by atoms with Gasteiger partial charge in [0, 0.05) is 16.6 Å².